The largest absolute Gasteiger partial charge is 0.394 e. The van der Waals surface area contributed by atoms with Crippen LogP contribution < -0.4 is 0 Å². The lowest BCUT2D eigenvalue weighted by Gasteiger charge is -2.18. The average Bonchev–Trinajstić information content (AvgIpc) is 2.27. The van der Waals surface area contributed by atoms with E-state index in [1.165, 1.54) is 0 Å². The fourth-order valence-corrected chi connectivity index (χ4v) is 1.13. The standard InChI is InChI=1S/C6H12O5/c7-2-5-4(9)1-6(10,3-8)11-5/h4-5,7-10H,1-3H2/t4?,5-,6-/m0/s1. The molecule has 1 saturated heterocycles. The zero-order valence-corrected chi connectivity index (χ0v) is 5.97. The molecule has 11 heavy (non-hydrogen) atoms. The molecule has 0 saturated carbocycles. The molecule has 0 bridgehead atoms. The Labute approximate surface area is 63.8 Å². The van der Waals surface area contributed by atoms with Crippen molar-refractivity contribution in [2.75, 3.05) is 13.2 Å². The van der Waals surface area contributed by atoms with Gasteiger partial charge in [-0.3, -0.25) is 0 Å². The molecule has 0 amide bonds. The summed E-state index contributed by atoms with van der Waals surface area (Å²) in [5.74, 6) is -1.67. The highest BCUT2D eigenvalue weighted by Crippen LogP contribution is 2.27. The lowest BCUT2D eigenvalue weighted by atomic mass is 10.1. The molecule has 3 atom stereocenters. The van der Waals surface area contributed by atoms with E-state index in [-0.39, 0.29) is 13.0 Å². The molecule has 1 heterocycles. The normalized spacial score (nSPS) is 44.7. The first-order valence-corrected chi connectivity index (χ1v) is 3.41. The van der Waals surface area contributed by atoms with E-state index in [0.717, 1.165) is 0 Å². The van der Waals surface area contributed by atoms with Crippen molar-refractivity contribution < 1.29 is 25.2 Å². The van der Waals surface area contributed by atoms with E-state index in [2.05, 4.69) is 0 Å². The Hall–Kier alpha value is -0.200. The number of hydrogen-bond donors (Lipinski definition) is 4. The van der Waals surface area contributed by atoms with Crippen LogP contribution in [0.1, 0.15) is 6.42 Å². The Kier molecular flexibility index (Phi) is 2.46. The van der Waals surface area contributed by atoms with Gasteiger partial charge in [0.15, 0.2) is 5.79 Å². The molecule has 0 spiro atoms. The van der Waals surface area contributed by atoms with Gasteiger partial charge in [-0.15, -0.1) is 0 Å². The van der Waals surface area contributed by atoms with Gasteiger partial charge in [-0.2, -0.15) is 0 Å². The second-order valence-corrected chi connectivity index (χ2v) is 2.71. The van der Waals surface area contributed by atoms with Crippen LogP contribution in [0.25, 0.3) is 0 Å². The molecule has 0 aromatic rings. The van der Waals surface area contributed by atoms with Gasteiger partial charge in [-0.25, -0.2) is 0 Å². The monoisotopic (exact) mass is 164 g/mol. The van der Waals surface area contributed by atoms with Crippen LogP contribution in [0.4, 0.5) is 0 Å². The molecule has 0 aliphatic carbocycles. The SMILES string of the molecule is OC[C@@H]1O[C@](O)(CO)CC1O. The van der Waals surface area contributed by atoms with E-state index in [1.54, 1.807) is 0 Å². The van der Waals surface area contributed by atoms with Crippen LogP contribution in [0.5, 0.6) is 0 Å². The fraction of sp³-hybridized carbons (Fsp3) is 1.00. The minimum absolute atomic E-state index is 0.0608. The van der Waals surface area contributed by atoms with Gasteiger partial charge in [0.25, 0.3) is 0 Å². The number of aliphatic hydroxyl groups excluding tert-OH is 3. The molecule has 0 aromatic carbocycles. The molecular formula is C6H12O5. The molecule has 1 unspecified atom stereocenters. The van der Waals surface area contributed by atoms with Crippen molar-refractivity contribution in [1.82, 2.24) is 0 Å². The first kappa shape index (κ1) is 8.89. The van der Waals surface area contributed by atoms with Crippen LogP contribution in [-0.4, -0.2) is 51.6 Å². The summed E-state index contributed by atoms with van der Waals surface area (Å²) in [6, 6.07) is 0. The Morgan fingerprint density at radius 2 is 2.09 bits per heavy atom. The summed E-state index contributed by atoms with van der Waals surface area (Å²) >= 11 is 0. The maximum absolute atomic E-state index is 9.23. The van der Waals surface area contributed by atoms with Crippen LogP contribution in [-0.2, 0) is 4.74 Å². The van der Waals surface area contributed by atoms with E-state index in [1.807, 2.05) is 0 Å². The highest BCUT2D eigenvalue weighted by molar-refractivity contribution is 4.85. The number of aliphatic hydroxyl groups is 4. The minimum atomic E-state index is -1.67. The van der Waals surface area contributed by atoms with Crippen molar-refractivity contribution in [2.24, 2.45) is 0 Å². The zero-order chi connectivity index (χ0) is 8.48. The van der Waals surface area contributed by atoms with Gasteiger partial charge in [0.2, 0.25) is 0 Å². The average molecular weight is 164 g/mol. The predicted octanol–water partition coefficient (Wildman–Crippen LogP) is -2.19. The number of ether oxygens (including phenoxy) is 1. The summed E-state index contributed by atoms with van der Waals surface area (Å²) in [4.78, 5) is 0. The molecule has 1 fully saturated rings. The van der Waals surface area contributed by atoms with Crippen molar-refractivity contribution in [2.45, 2.75) is 24.4 Å². The maximum Gasteiger partial charge on any atom is 0.192 e. The highest BCUT2D eigenvalue weighted by atomic mass is 16.7. The number of rotatable bonds is 2. The van der Waals surface area contributed by atoms with Gasteiger partial charge in [-0.05, 0) is 0 Å². The summed E-state index contributed by atoms with van der Waals surface area (Å²) in [5.41, 5.74) is 0. The molecule has 1 rings (SSSR count). The lowest BCUT2D eigenvalue weighted by Crippen LogP contribution is -2.33. The highest BCUT2D eigenvalue weighted by Gasteiger charge is 2.43. The molecule has 1 aliphatic heterocycles. The third-order valence-electron chi connectivity index (χ3n) is 1.76. The third-order valence-corrected chi connectivity index (χ3v) is 1.76. The zero-order valence-electron chi connectivity index (χ0n) is 5.97. The van der Waals surface area contributed by atoms with Crippen molar-refractivity contribution in [3.8, 4) is 0 Å². The molecule has 0 aromatic heterocycles. The smallest absolute Gasteiger partial charge is 0.192 e. The summed E-state index contributed by atoms with van der Waals surface area (Å²) in [5, 5.41) is 35.5. The van der Waals surface area contributed by atoms with Gasteiger partial charge in [0.05, 0.1) is 19.3 Å². The second-order valence-electron chi connectivity index (χ2n) is 2.71. The Morgan fingerprint density at radius 1 is 1.45 bits per heavy atom. The minimum Gasteiger partial charge on any atom is -0.394 e. The van der Waals surface area contributed by atoms with Gasteiger partial charge < -0.3 is 25.2 Å². The van der Waals surface area contributed by atoms with Gasteiger partial charge in [0.1, 0.15) is 6.10 Å². The molecular weight excluding hydrogens is 152 g/mol. The lowest BCUT2D eigenvalue weighted by molar-refractivity contribution is -0.217. The summed E-state index contributed by atoms with van der Waals surface area (Å²) < 4.78 is 4.77. The summed E-state index contributed by atoms with van der Waals surface area (Å²) in [6.45, 7) is -0.927. The molecule has 5 nitrogen and oxygen atoms in total. The van der Waals surface area contributed by atoms with Gasteiger partial charge in [0, 0.05) is 6.42 Å². The molecule has 66 valence electrons. The molecule has 1 aliphatic rings. The van der Waals surface area contributed by atoms with E-state index < -0.39 is 24.6 Å². The van der Waals surface area contributed by atoms with Crippen LogP contribution in [0, 0.1) is 0 Å². The quantitative estimate of drug-likeness (QED) is 0.372. The third kappa shape index (κ3) is 1.69. The van der Waals surface area contributed by atoms with Gasteiger partial charge in [-0.1, -0.05) is 0 Å². The van der Waals surface area contributed by atoms with E-state index in [9.17, 15) is 5.11 Å². The van der Waals surface area contributed by atoms with Crippen LogP contribution in [0.2, 0.25) is 0 Å². The summed E-state index contributed by atoms with van der Waals surface area (Å²) in [6.07, 6.45) is -1.75. The van der Waals surface area contributed by atoms with Crippen molar-refractivity contribution in [3.63, 3.8) is 0 Å². The van der Waals surface area contributed by atoms with Crippen molar-refractivity contribution in [3.05, 3.63) is 0 Å². The maximum atomic E-state index is 9.23. The van der Waals surface area contributed by atoms with Gasteiger partial charge >= 0.3 is 0 Å². The van der Waals surface area contributed by atoms with Crippen molar-refractivity contribution >= 4 is 0 Å². The Balaban J connectivity index is 2.55. The summed E-state index contributed by atoms with van der Waals surface area (Å²) in [7, 11) is 0. The van der Waals surface area contributed by atoms with Crippen LogP contribution in [0.3, 0.4) is 0 Å². The first-order valence-electron chi connectivity index (χ1n) is 3.41. The predicted molar refractivity (Wildman–Crippen MR) is 34.6 cm³/mol. The topological polar surface area (TPSA) is 90.2 Å². The molecule has 4 N–H and O–H groups in total. The number of hydrogen-bond acceptors (Lipinski definition) is 5. The van der Waals surface area contributed by atoms with E-state index in [0.29, 0.717) is 0 Å². The first-order chi connectivity index (χ1) is 5.11. The van der Waals surface area contributed by atoms with E-state index >= 15 is 0 Å². The van der Waals surface area contributed by atoms with Crippen molar-refractivity contribution in [1.29, 1.82) is 0 Å². The van der Waals surface area contributed by atoms with Crippen LogP contribution in [0.15, 0.2) is 0 Å². The molecule has 5 heteroatoms. The Bertz CT molecular complexity index is 139. The van der Waals surface area contributed by atoms with E-state index in [4.69, 9.17) is 20.1 Å². The Morgan fingerprint density at radius 3 is 2.36 bits per heavy atom. The fourth-order valence-electron chi connectivity index (χ4n) is 1.13. The van der Waals surface area contributed by atoms with Crippen LogP contribution >= 0.6 is 0 Å². The molecule has 0 radical (unpaired) electrons. The second kappa shape index (κ2) is 3.04.